The predicted molar refractivity (Wildman–Crippen MR) is 95.0 cm³/mol. The number of phenolic OH excluding ortho intramolecular Hbond substituents is 1. The van der Waals surface area contributed by atoms with Crippen LogP contribution in [0.5, 0.6) is 5.75 Å². The summed E-state index contributed by atoms with van der Waals surface area (Å²) in [6, 6.07) is 4.85. The summed E-state index contributed by atoms with van der Waals surface area (Å²) in [5.41, 5.74) is 2.54. The van der Waals surface area contributed by atoms with Crippen molar-refractivity contribution in [1.29, 1.82) is 0 Å². The Morgan fingerprint density at radius 1 is 1.42 bits per heavy atom. The molecule has 2 aliphatic heterocycles. The van der Waals surface area contributed by atoms with Gasteiger partial charge in [0.05, 0.1) is 23.5 Å². The average Bonchev–Trinajstić information content (AvgIpc) is 2.94. The van der Waals surface area contributed by atoms with Gasteiger partial charge in [-0.25, -0.2) is 0 Å². The van der Waals surface area contributed by atoms with Gasteiger partial charge in [-0.1, -0.05) is 11.6 Å². The van der Waals surface area contributed by atoms with Gasteiger partial charge in [0.25, 0.3) is 5.91 Å². The van der Waals surface area contributed by atoms with E-state index in [2.05, 4.69) is 17.6 Å². The lowest BCUT2D eigenvalue weighted by Gasteiger charge is -2.27. The Kier molecular flexibility index (Phi) is 3.90. The number of hydrogen-bond acceptors (Lipinski definition) is 4. The van der Waals surface area contributed by atoms with Crippen LogP contribution < -0.4 is 15.5 Å². The number of halogens is 1. The molecular formula is C17H19ClN3O2S+. The van der Waals surface area contributed by atoms with Crippen LogP contribution in [0.2, 0.25) is 5.02 Å². The fraction of sp³-hybridized carbons (Fsp3) is 0.353. The number of fused-ring (bicyclic) bond motifs is 3. The van der Waals surface area contributed by atoms with Crippen molar-refractivity contribution in [2.24, 2.45) is 0 Å². The fourth-order valence-electron chi connectivity index (χ4n) is 3.46. The summed E-state index contributed by atoms with van der Waals surface area (Å²) in [4.78, 5) is 15.5. The number of phenols is 1. The van der Waals surface area contributed by atoms with Crippen molar-refractivity contribution >= 4 is 33.8 Å². The molecule has 0 aliphatic carbocycles. The predicted octanol–water partition coefficient (Wildman–Crippen LogP) is 1.92. The van der Waals surface area contributed by atoms with Crippen molar-refractivity contribution in [2.75, 3.05) is 18.4 Å². The topological polar surface area (TPSA) is 65.8 Å². The molecule has 1 aromatic heterocycles. The molecule has 1 unspecified atom stereocenters. The normalized spacial score (nSPS) is 22.3. The van der Waals surface area contributed by atoms with E-state index < -0.39 is 6.17 Å². The van der Waals surface area contributed by atoms with E-state index >= 15 is 0 Å². The highest BCUT2D eigenvalue weighted by Gasteiger charge is 2.34. The molecule has 126 valence electrons. The molecule has 3 heterocycles. The van der Waals surface area contributed by atoms with Crippen molar-refractivity contribution in [3.63, 3.8) is 0 Å². The van der Waals surface area contributed by atoms with Crippen molar-refractivity contribution in [1.82, 2.24) is 5.32 Å². The van der Waals surface area contributed by atoms with Gasteiger partial charge in [0, 0.05) is 17.0 Å². The van der Waals surface area contributed by atoms with Crippen LogP contribution in [0.3, 0.4) is 0 Å². The monoisotopic (exact) mass is 364 g/mol. The van der Waals surface area contributed by atoms with E-state index in [0.29, 0.717) is 10.6 Å². The van der Waals surface area contributed by atoms with Crippen molar-refractivity contribution in [3.8, 4) is 5.75 Å². The maximum atomic E-state index is 12.7. The summed E-state index contributed by atoms with van der Waals surface area (Å²) in [6.45, 7) is 5.33. The van der Waals surface area contributed by atoms with E-state index in [-0.39, 0.29) is 11.7 Å². The van der Waals surface area contributed by atoms with E-state index in [1.807, 2.05) is 0 Å². The Labute approximate surface area is 149 Å². The number of anilines is 1. The average molecular weight is 365 g/mol. The molecule has 1 aromatic carbocycles. The van der Waals surface area contributed by atoms with Gasteiger partial charge in [0.1, 0.15) is 23.5 Å². The van der Waals surface area contributed by atoms with E-state index in [1.54, 1.807) is 34.4 Å². The second-order valence-electron chi connectivity index (χ2n) is 6.24. The number of rotatable bonds is 2. The Bertz CT molecular complexity index is 820. The molecule has 0 spiro atoms. The summed E-state index contributed by atoms with van der Waals surface area (Å²) < 4.78 is 0. The van der Waals surface area contributed by atoms with E-state index in [0.717, 1.165) is 36.6 Å². The minimum Gasteiger partial charge on any atom is -0.508 e. The molecule has 2 aromatic rings. The largest absolute Gasteiger partial charge is 0.508 e. The molecular weight excluding hydrogens is 346 g/mol. The first-order valence-electron chi connectivity index (χ1n) is 8.10. The highest BCUT2D eigenvalue weighted by atomic mass is 35.5. The number of carbonyl (C=O) groups is 1. The lowest BCUT2D eigenvalue weighted by atomic mass is 10.00. The van der Waals surface area contributed by atoms with Gasteiger partial charge in [-0.2, -0.15) is 0 Å². The molecule has 1 amide bonds. The van der Waals surface area contributed by atoms with Crippen LogP contribution in [0.4, 0.5) is 5.00 Å². The standard InChI is InChI=1S/C17H18ClN3O2S/c1-2-21-6-5-10-13(8-21)24-17-14(10)16(23)19-15(20-17)11-7-9(18)3-4-12(11)22/h3-4,7,15,20,22H,2,5-6,8H2,1H3,(H,19,23)/p+1/t15-/m0/s1. The molecule has 0 fully saturated rings. The van der Waals surface area contributed by atoms with Crippen LogP contribution in [0.15, 0.2) is 18.2 Å². The SMILES string of the molecule is CC[NH+]1CCc2c(sc3c2C(=O)N[C@H](c2cc(Cl)ccc2O)N3)C1. The second-order valence-corrected chi connectivity index (χ2v) is 7.78. The summed E-state index contributed by atoms with van der Waals surface area (Å²) in [6.07, 6.45) is 0.463. The number of thiophene rings is 1. The van der Waals surface area contributed by atoms with Crippen LogP contribution in [-0.2, 0) is 13.0 Å². The summed E-state index contributed by atoms with van der Waals surface area (Å²) in [5, 5.41) is 17.8. The highest BCUT2D eigenvalue weighted by Crippen LogP contribution is 2.40. The fourth-order valence-corrected chi connectivity index (χ4v) is 4.99. The van der Waals surface area contributed by atoms with Crippen molar-refractivity contribution < 1.29 is 14.8 Å². The molecule has 0 bridgehead atoms. The van der Waals surface area contributed by atoms with E-state index in [9.17, 15) is 9.90 Å². The first kappa shape index (κ1) is 15.7. The zero-order valence-electron chi connectivity index (χ0n) is 13.3. The second kappa shape index (κ2) is 5.95. The molecule has 0 saturated carbocycles. The minimum atomic E-state index is -0.474. The quantitative estimate of drug-likeness (QED) is 0.658. The molecule has 4 rings (SSSR count). The zero-order valence-corrected chi connectivity index (χ0v) is 14.9. The van der Waals surface area contributed by atoms with Gasteiger partial charge in [-0.15, -0.1) is 11.3 Å². The highest BCUT2D eigenvalue weighted by molar-refractivity contribution is 7.16. The molecule has 0 saturated heterocycles. The minimum absolute atomic E-state index is 0.0782. The molecule has 7 heteroatoms. The third-order valence-electron chi connectivity index (χ3n) is 4.81. The number of amides is 1. The summed E-state index contributed by atoms with van der Waals surface area (Å²) in [7, 11) is 0. The summed E-state index contributed by atoms with van der Waals surface area (Å²) >= 11 is 7.70. The van der Waals surface area contributed by atoms with Gasteiger partial charge in [-0.3, -0.25) is 4.79 Å². The van der Waals surface area contributed by atoms with Crippen molar-refractivity contribution in [3.05, 3.63) is 44.8 Å². The lowest BCUT2D eigenvalue weighted by molar-refractivity contribution is -0.913. The van der Waals surface area contributed by atoms with Crippen LogP contribution in [0.25, 0.3) is 0 Å². The van der Waals surface area contributed by atoms with Gasteiger partial charge in [0.2, 0.25) is 0 Å². The zero-order chi connectivity index (χ0) is 16.8. The van der Waals surface area contributed by atoms with E-state index in [1.165, 1.54) is 10.4 Å². The smallest absolute Gasteiger partial charge is 0.256 e. The van der Waals surface area contributed by atoms with Crippen LogP contribution in [0.1, 0.15) is 39.5 Å². The van der Waals surface area contributed by atoms with Gasteiger partial charge in [0.15, 0.2) is 0 Å². The first-order valence-corrected chi connectivity index (χ1v) is 9.30. The third-order valence-corrected chi connectivity index (χ3v) is 6.21. The molecule has 2 atom stereocenters. The molecule has 5 nitrogen and oxygen atoms in total. The third kappa shape index (κ3) is 2.55. The number of nitrogens with one attached hydrogen (secondary N) is 3. The lowest BCUT2D eigenvalue weighted by Crippen LogP contribution is -3.11. The van der Waals surface area contributed by atoms with Gasteiger partial charge < -0.3 is 20.6 Å². The molecule has 0 radical (unpaired) electrons. The Morgan fingerprint density at radius 2 is 2.25 bits per heavy atom. The van der Waals surface area contributed by atoms with Gasteiger partial charge in [-0.05, 0) is 30.7 Å². The number of quaternary nitrogens is 1. The number of likely N-dealkylation sites (N-methyl/N-ethyl adjacent to an activating group) is 1. The Morgan fingerprint density at radius 3 is 3.04 bits per heavy atom. The van der Waals surface area contributed by atoms with Gasteiger partial charge >= 0.3 is 0 Å². The molecule has 2 aliphatic rings. The van der Waals surface area contributed by atoms with Crippen LogP contribution in [0, 0.1) is 0 Å². The first-order chi connectivity index (χ1) is 11.6. The van der Waals surface area contributed by atoms with Crippen LogP contribution >= 0.6 is 22.9 Å². The molecule has 4 N–H and O–H groups in total. The van der Waals surface area contributed by atoms with Crippen molar-refractivity contribution in [2.45, 2.75) is 26.1 Å². The number of carbonyl (C=O) groups excluding carboxylic acids is 1. The number of aromatic hydroxyl groups is 1. The maximum absolute atomic E-state index is 12.7. The summed E-state index contributed by atoms with van der Waals surface area (Å²) in [5.74, 6) is 0.0362. The molecule has 24 heavy (non-hydrogen) atoms. The Balaban J connectivity index is 1.70. The van der Waals surface area contributed by atoms with E-state index in [4.69, 9.17) is 11.6 Å². The maximum Gasteiger partial charge on any atom is 0.256 e. The number of benzene rings is 1. The Hall–Kier alpha value is -1.76. The number of hydrogen-bond donors (Lipinski definition) is 4. The van der Waals surface area contributed by atoms with Crippen LogP contribution in [-0.4, -0.2) is 24.1 Å².